The third-order valence-corrected chi connectivity index (χ3v) is 9.24. The first kappa shape index (κ1) is 23.3. The number of nitrogens with zero attached hydrogens (tertiary/aromatic N) is 2. The molecule has 2 aromatic rings. The van der Waals surface area contributed by atoms with E-state index in [1.54, 1.807) is 0 Å². The summed E-state index contributed by atoms with van der Waals surface area (Å²) in [6.45, 7) is 12.0. The largest absolute Gasteiger partial charge is 0.451 e. The maximum Gasteiger partial charge on any atom is 0.356 e. The highest BCUT2D eigenvalue weighted by Crippen LogP contribution is 2.56. The lowest BCUT2D eigenvalue weighted by atomic mass is 9.67. The number of aryl methyl sites for hydroxylation is 1. The van der Waals surface area contributed by atoms with Crippen LogP contribution in [-0.2, 0) is 16.0 Å². The quantitative estimate of drug-likeness (QED) is 0.270. The molecule has 2 aliphatic heterocycles. The summed E-state index contributed by atoms with van der Waals surface area (Å²) in [5, 5.41) is 1.31. The van der Waals surface area contributed by atoms with E-state index in [1.165, 1.54) is 55.0 Å². The van der Waals surface area contributed by atoms with E-state index in [0.29, 0.717) is 23.9 Å². The third-order valence-electron chi connectivity index (χ3n) is 9.24. The first-order valence-corrected chi connectivity index (χ1v) is 14.0. The van der Waals surface area contributed by atoms with Gasteiger partial charge in [-0.2, -0.15) is 0 Å². The molecule has 4 aliphatic rings. The van der Waals surface area contributed by atoms with Gasteiger partial charge in [-0.05, 0) is 56.1 Å². The molecule has 2 fully saturated rings. The lowest BCUT2D eigenvalue weighted by molar-refractivity contribution is -0.0327. The number of aromatic nitrogens is 1. The molecule has 5 nitrogen and oxygen atoms in total. The zero-order valence-corrected chi connectivity index (χ0v) is 21.4. The van der Waals surface area contributed by atoms with Crippen LogP contribution in [0.15, 0.2) is 30.9 Å². The molecular formula is C30H40N2O3. The van der Waals surface area contributed by atoms with Crippen molar-refractivity contribution in [3.63, 3.8) is 0 Å². The molecule has 1 saturated heterocycles. The van der Waals surface area contributed by atoms with Gasteiger partial charge in [0, 0.05) is 48.6 Å². The van der Waals surface area contributed by atoms with Gasteiger partial charge < -0.3 is 14.0 Å². The van der Waals surface area contributed by atoms with Crippen LogP contribution >= 0.6 is 0 Å². The van der Waals surface area contributed by atoms with Gasteiger partial charge in [0.05, 0.1) is 12.1 Å². The van der Waals surface area contributed by atoms with Crippen LogP contribution in [0.1, 0.15) is 92.4 Å². The summed E-state index contributed by atoms with van der Waals surface area (Å²) >= 11 is 0. The van der Waals surface area contributed by atoms with Crippen LogP contribution in [0.4, 0.5) is 0 Å². The van der Waals surface area contributed by atoms with E-state index in [0.717, 1.165) is 43.9 Å². The van der Waals surface area contributed by atoms with Crippen molar-refractivity contribution in [2.24, 2.45) is 11.8 Å². The van der Waals surface area contributed by atoms with E-state index in [-0.39, 0.29) is 18.1 Å². The molecule has 1 saturated carbocycles. The molecule has 3 heterocycles. The number of likely N-dealkylation sites (tertiary alicyclic amines) is 1. The molecule has 4 unspecified atom stereocenters. The Hall–Kier alpha value is -2.11. The molecule has 6 rings (SSSR count). The molecule has 188 valence electrons. The summed E-state index contributed by atoms with van der Waals surface area (Å²) in [5.74, 6) is 1.56. The predicted molar refractivity (Wildman–Crippen MR) is 139 cm³/mol. The fraction of sp³-hybridized carbons (Fsp3) is 0.633. The van der Waals surface area contributed by atoms with E-state index < -0.39 is 0 Å². The Kier molecular flexibility index (Phi) is 6.26. The summed E-state index contributed by atoms with van der Waals surface area (Å²) in [5.41, 5.74) is 4.62. The number of rotatable bonds is 7. The molecule has 0 amide bonds. The molecule has 1 aromatic heterocycles. The molecule has 1 aromatic carbocycles. The zero-order chi connectivity index (χ0) is 24.1. The first-order chi connectivity index (χ1) is 17.2. The van der Waals surface area contributed by atoms with Gasteiger partial charge in [0.2, 0.25) is 0 Å². The second-order valence-electron chi connectivity index (χ2n) is 11.2. The second-order valence-corrected chi connectivity index (χ2v) is 11.2. The van der Waals surface area contributed by atoms with Crippen molar-refractivity contribution >= 4 is 16.9 Å². The maximum absolute atomic E-state index is 13.2. The van der Waals surface area contributed by atoms with Gasteiger partial charge in [0.15, 0.2) is 0 Å². The summed E-state index contributed by atoms with van der Waals surface area (Å²) in [6, 6.07) is 6.94. The molecule has 2 aliphatic carbocycles. The Balaban J connectivity index is 1.42. The second kappa shape index (κ2) is 9.40. The summed E-state index contributed by atoms with van der Waals surface area (Å²) in [7, 11) is 0. The lowest BCUT2D eigenvalue weighted by Crippen LogP contribution is -2.53. The molecule has 35 heavy (non-hydrogen) atoms. The Morgan fingerprint density at radius 1 is 1.17 bits per heavy atom. The molecule has 0 radical (unpaired) electrons. The molecule has 0 spiro atoms. The van der Waals surface area contributed by atoms with Gasteiger partial charge in [-0.1, -0.05) is 44.4 Å². The van der Waals surface area contributed by atoms with Gasteiger partial charge in [0.25, 0.3) is 0 Å². The number of carbonyl (C=O) groups is 1. The normalized spacial score (nSPS) is 32.3. The zero-order valence-electron chi connectivity index (χ0n) is 21.4. The van der Waals surface area contributed by atoms with Crippen molar-refractivity contribution in [3.05, 3.63) is 47.7 Å². The SMILES string of the molecule is C=CCN1C[C@H](C2CCCCC(OCC)C2)CC2c3cccc4c3c3c(n4CCC)C(=O)OC3[C@H]21. The molecule has 6 atom stereocenters. The van der Waals surface area contributed by atoms with Gasteiger partial charge >= 0.3 is 5.97 Å². The molecule has 0 bridgehead atoms. The number of hydrogen-bond donors (Lipinski definition) is 0. The monoisotopic (exact) mass is 476 g/mol. The topological polar surface area (TPSA) is 43.7 Å². The first-order valence-electron chi connectivity index (χ1n) is 14.0. The number of esters is 1. The number of benzene rings is 1. The minimum absolute atomic E-state index is 0.134. The summed E-state index contributed by atoms with van der Waals surface area (Å²) in [6.07, 6.45) is 10.7. The average molecular weight is 477 g/mol. The average Bonchev–Trinajstić information content (AvgIpc) is 3.25. The van der Waals surface area contributed by atoms with E-state index in [1.807, 2.05) is 6.08 Å². The Morgan fingerprint density at radius 2 is 2.03 bits per heavy atom. The maximum atomic E-state index is 13.2. The van der Waals surface area contributed by atoms with Gasteiger partial charge in [0.1, 0.15) is 11.8 Å². The van der Waals surface area contributed by atoms with Crippen molar-refractivity contribution in [3.8, 4) is 0 Å². The van der Waals surface area contributed by atoms with Crippen LogP contribution in [0.2, 0.25) is 0 Å². The highest BCUT2D eigenvalue weighted by Gasteiger charge is 2.53. The van der Waals surface area contributed by atoms with E-state index in [2.05, 4.69) is 48.1 Å². The molecular weight excluding hydrogens is 436 g/mol. The van der Waals surface area contributed by atoms with E-state index >= 15 is 0 Å². The molecule has 5 heteroatoms. The molecule has 0 N–H and O–H groups in total. The summed E-state index contributed by atoms with van der Waals surface area (Å²) in [4.78, 5) is 15.8. The highest BCUT2D eigenvalue weighted by atomic mass is 16.6. The highest BCUT2D eigenvalue weighted by molar-refractivity contribution is 6.04. The van der Waals surface area contributed by atoms with Crippen molar-refractivity contribution in [2.75, 3.05) is 19.7 Å². The van der Waals surface area contributed by atoms with Gasteiger partial charge in [-0.3, -0.25) is 4.90 Å². The number of carbonyl (C=O) groups excluding carboxylic acids is 1. The Labute approximate surface area is 209 Å². The van der Waals surface area contributed by atoms with Crippen LogP contribution in [0, 0.1) is 11.8 Å². The van der Waals surface area contributed by atoms with Crippen LogP contribution in [0.25, 0.3) is 10.9 Å². The predicted octanol–water partition coefficient (Wildman–Crippen LogP) is 6.22. The van der Waals surface area contributed by atoms with Crippen molar-refractivity contribution in [1.82, 2.24) is 9.47 Å². The fourth-order valence-corrected chi connectivity index (χ4v) is 7.99. The number of ether oxygens (including phenoxy) is 2. The van der Waals surface area contributed by atoms with E-state index in [9.17, 15) is 4.79 Å². The fourth-order valence-electron chi connectivity index (χ4n) is 7.99. The minimum atomic E-state index is -0.163. The van der Waals surface area contributed by atoms with Crippen molar-refractivity contribution in [1.29, 1.82) is 0 Å². The van der Waals surface area contributed by atoms with E-state index in [4.69, 9.17) is 9.47 Å². The summed E-state index contributed by atoms with van der Waals surface area (Å²) < 4.78 is 14.6. The van der Waals surface area contributed by atoms with Crippen molar-refractivity contribution < 1.29 is 14.3 Å². The lowest BCUT2D eigenvalue weighted by Gasteiger charge is -2.50. The van der Waals surface area contributed by atoms with Crippen LogP contribution in [0.5, 0.6) is 0 Å². The Bertz CT molecular complexity index is 1120. The Morgan fingerprint density at radius 3 is 2.83 bits per heavy atom. The van der Waals surface area contributed by atoms with Crippen LogP contribution in [-0.4, -0.2) is 47.3 Å². The number of fused-ring (bicyclic) bond motifs is 3. The van der Waals surface area contributed by atoms with Gasteiger partial charge in [-0.25, -0.2) is 4.79 Å². The third kappa shape index (κ3) is 3.69. The smallest absolute Gasteiger partial charge is 0.356 e. The number of hydrogen-bond acceptors (Lipinski definition) is 4. The van der Waals surface area contributed by atoms with Crippen molar-refractivity contribution in [2.45, 2.75) is 89.5 Å². The van der Waals surface area contributed by atoms with Gasteiger partial charge in [-0.15, -0.1) is 6.58 Å². The number of piperidine rings is 1. The standard InChI is InChI=1S/C30H40N2O3/c1-4-14-31-18-20(19-10-7-8-11-21(16-19)34-6-3)17-23-22-12-9-13-24-25(22)26-28(32(24)15-5-2)30(33)35-29(26)27(23)31/h4,9,12-13,19-21,23,27,29H,1,5-8,10-11,14-18H2,2-3H3/t19?,20-,21?,23?,27+,29?/m1/s1. The van der Waals surface area contributed by atoms with Crippen LogP contribution < -0.4 is 0 Å². The minimum Gasteiger partial charge on any atom is -0.451 e. The van der Waals surface area contributed by atoms with Crippen LogP contribution in [0.3, 0.4) is 0 Å².